The number of likely N-dealkylation sites (tertiary alicyclic amines) is 1. The van der Waals surface area contributed by atoms with Crippen molar-refractivity contribution in [3.05, 3.63) is 71.3 Å². The maximum Gasteiger partial charge on any atom is 0.170 e. The fourth-order valence-electron chi connectivity index (χ4n) is 4.37. The minimum absolute atomic E-state index is 0. The third-order valence-corrected chi connectivity index (χ3v) is 6.09. The molecule has 2 aromatic carbocycles. The molecular weight excluding hydrogens is 412 g/mol. The molecule has 2 aliphatic heterocycles. The number of aliphatic hydroxyl groups is 1. The number of hydrogen-bond donors (Lipinski definition) is 1. The van der Waals surface area contributed by atoms with Crippen molar-refractivity contribution < 1.29 is 23.4 Å². The van der Waals surface area contributed by atoms with E-state index < -0.39 is 5.60 Å². The van der Waals surface area contributed by atoms with Crippen molar-refractivity contribution in [3.8, 4) is 0 Å². The van der Waals surface area contributed by atoms with Crippen molar-refractivity contribution in [2.75, 3.05) is 32.8 Å². The second-order valence-corrected chi connectivity index (χ2v) is 7.93. The molecule has 2 aromatic rings. The van der Waals surface area contributed by atoms with Crippen LogP contribution in [0.2, 0.25) is 0 Å². The van der Waals surface area contributed by atoms with Gasteiger partial charge in [-0.15, -0.1) is 12.4 Å². The molecule has 0 unspecified atom stereocenters. The smallest absolute Gasteiger partial charge is 0.170 e. The summed E-state index contributed by atoms with van der Waals surface area (Å²) in [5.74, 6) is -1.10. The molecule has 0 aromatic heterocycles. The van der Waals surface area contributed by atoms with E-state index in [2.05, 4.69) is 4.90 Å². The largest absolute Gasteiger partial charge is 0.380 e. The monoisotopic (exact) mass is 439 g/mol. The van der Waals surface area contributed by atoms with Gasteiger partial charge in [0, 0.05) is 25.9 Å². The first kappa shape index (κ1) is 23.1. The van der Waals surface area contributed by atoms with Crippen molar-refractivity contribution in [2.45, 2.75) is 37.1 Å². The topological polar surface area (TPSA) is 41.9 Å². The number of halogens is 3. The zero-order valence-electron chi connectivity index (χ0n) is 16.9. The van der Waals surface area contributed by atoms with Gasteiger partial charge in [0.05, 0.1) is 13.2 Å². The maximum atomic E-state index is 13.4. The Labute approximate surface area is 182 Å². The molecule has 2 saturated heterocycles. The van der Waals surface area contributed by atoms with E-state index in [-0.39, 0.29) is 29.8 Å². The van der Waals surface area contributed by atoms with Crippen LogP contribution in [0.5, 0.6) is 0 Å². The second kappa shape index (κ2) is 9.71. The van der Waals surface area contributed by atoms with Gasteiger partial charge in [0.25, 0.3) is 0 Å². The Kier molecular flexibility index (Phi) is 7.47. The summed E-state index contributed by atoms with van der Waals surface area (Å²) >= 11 is 0. The van der Waals surface area contributed by atoms with Crippen molar-refractivity contribution in [1.82, 2.24) is 4.90 Å². The van der Waals surface area contributed by atoms with E-state index in [1.165, 1.54) is 24.3 Å². The summed E-state index contributed by atoms with van der Waals surface area (Å²) in [6.45, 7) is 3.96. The highest BCUT2D eigenvalue weighted by Crippen LogP contribution is 2.35. The molecule has 7 heteroatoms. The van der Waals surface area contributed by atoms with Crippen molar-refractivity contribution >= 4 is 12.4 Å². The van der Waals surface area contributed by atoms with Gasteiger partial charge >= 0.3 is 0 Å². The van der Waals surface area contributed by atoms with Crippen LogP contribution in [0.4, 0.5) is 8.78 Å². The van der Waals surface area contributed by atoms with Gasteiger partial charge < -0.3 is 19.5 Å². The van der Waals surface area contributed by atoms with Crippen LogP contribution in [0.1, 0.15) is 36.8 Å². The fourth-order valence-corrected chi connectivity index (χ4v) is 4.37. The molecule has 2 fully saturated rings. The highest BCUT2D eigenvalue weighted by molar-refractivity contribution is 5.85. The van der Waals surface area contributed by atoms with Crippen LogP contribution in [0.25, 0.3) is 0 Å². The Morgan fingerprint density at radius 3 is 1.80 bits per heavy atom. The molecule has 4 nitrogen and oxygen atoms in total. The van der Waals surface area contributed by atoms with Crippen molar-refractivity contribution in [3.63, 3.8) is 0 Å². The van der Waals surface area contributed by atoms with E-state index in [0.29, 0.717) is 30.8 Å². The summed E-state index contributed by atoms with van der Waals surface area (Å²) in [5, 5.41) is 11.5. The molecule has 0 saturated carbocycles. The first-order valence-electron chi connectivity index (χ1n) is 10.2. The van der Waals surface area contributed by atoms with E-state index >= 15 is 0 Å². The molecule has 4 rings (SSSR count). The average Bonchev–Trinajstić information content (AvgIpc) is 3.18. The van der Waals surface area contributed by atoms with Crippen LogP contribution < -0.4 is 0 Å². The van der Waals surface area contributed by atoms with Crippen LogP contribution in [0, 0.1) is 11.6 Å². The average molecular weight is 440 g/mol. The highest BCUT2D eigenvalue weighted by Gasteiger charge is 2.39. The Balaban J connectivity index is 0.00000256. The Hall–Kier alpha value is -1.57. The summed E-state index contributed by atoms with van der Waals surface area (Å²) in [7, 11) is 0. The van der Waals surface area contributed by atoms with Gasteiger partial charge in [0.1, 0.15) is 17.2 Å². The fraction of sp³-hybridized carbons (Fsp3) is 0.478. The molecule has 0 bridgehead atoms. The van der Waals surface area contributed by atoms with E-state index in [1.54, 1.807) is 24.3 Å². The summed E-state index contributed by atoms with van der Waals surface area (Å²) in [6.07, 6.45) is 2.92. The summed E-state index contributed by atoms with van der Waals surface area (Å²) in [5.41, 5.74) is -0.0810. The standard InChI is InChI=1S/C23H27F2NO3.ClH/c24-20-6-2-18(3-7-20)23(27,19-4-8-21(25)9-5-19)10-1-13-26-14-11-22(12-15-26)28-16-17-29-22;/h2-9,27H,1,10-17H2;1H. The molecule has 0 radical (unpaired) electrons. The molecule has 0 aliphatic carbocycles. The minimum atomic E-state index is -1.30. The zero-order chi connectivity index (χ0) is 20.3. The van der Waals surface area contributed by atoms with Crippen LogP contribution >= 0.6 is 12.4 Å². The first-order valence-corrected chi connectivity index (χ1v) is 10.2. The van der Waals surface area contributed by atoms with Gasteiger partial charge in [-0.25, -0.2) is 8.78 Å². The maximum absolute atomic E-state index is 13.4. The Bertz CT molecular complexity index is 755. The van der Waals surface area contributed by atoms with Gasteiger partial charge in [-0.3, -0.25) is 0 Å². The van der Waals surface area contributed by atoms with Gasteiger partial charge in [0.15, 0.2) is 5.79 Å². The normalized spacial score (nSPS) is 19.0. The molecule has 2 heterocycles. The molecule has 1 spiro atoms. The molecule has 164 valence electrons. The number of nitrogens with zero attached hydrogens (tertiary/aromatic N) is 1. The van der Waals surface area contributed by atoms with Gasteiger partial charge in [0.2, 0.25) is 0 Å². The van der Waals surface area contributed by atoms with Crippen LogP contribution in [-0.4, -0.2) is 48.6 Å². The molecule has 2 aliphatic rings. The molecule has 0 atom stereocenters. The van der Waals surface area contributed by atoms with E-state index in [0.717, 1.165) is 38.9 Å². The predicted molar refractivity (Wildman–Crippen MR) is 113 cm³/mol. The van der Waals surface area contributed by atoms with Gasteiger partial charge in [-0.2, -0.15) is 0 Å². The first-order chi connectivity index (χ1) is 14.0. The van der Waals surface area contributed by atoms with Crippen molar-refractivity contribution in [2.24, 2.45) is 0 Å². The number of rotatable bonds is 6. The van der Waals surface area contributed by atoms with E-state index in [9.17, 15) is 13.9 Å². The lowest BCUT2D eigenvalue weighted by Gasteiger charge is -2.38. The SMILES string of the molecule is Cl.OC(CCCN1CCC2(CC1)OCCO2)(c1ccc(F)cc1)c1ccc(F)cc1. The second-order valence-electron chi connectivity index (χ2n) is 7.93. The number of ether oxygens (including phenoxy) is 2. The van der Waals surface area contributed by atoms with E-state index in [4.69, 9.17) is 9.47 Å². The lowest BCUT2D eigenvalue weighted by molar-refractivity contribution is -0.185. The molecule has 1 N–H and O–H groups in total. The van der Waals surface area contributed by atoms with Crippen LogP contribution in [0.15, 0.2) is 48.5 Å². The van der Waals surface area contributed by atoms with Gasteiger partial charge in [-0.1, -0.05) is 24.3 Å². The molecule has 0 amide bonds. The summed E-state index contributed by atoms with van der Waals surface area (Å²) < 4.78 is 38.3. The third-order valence-electron chi connectivity index (χ3n) is 6.09. The van der Waals surface area contributed by atoms with Crippen LogP contribution in [0.3, 0.4) is 0 Å². The molecular formula is C23H28ClF2NO3. The van der Waals surface area contributed by atoms with E-state index in [1.807, 2.05) is 0 Å². The molecule has 30 heavy (non-hydrogen) atoms. The number of hydrogen-bond acceptors (Lipinski definition) is 4. The quantitative estimate of drug-likeness (QED) is 0.731. The zero-order valence-corrected chi connectivity index (χ0v) is 17.7. The Morgan fingerprint density at radius 1 is 0.867 bits per heavy atom. The highest BCUT2D eigenvalue weighted by atomic mass is 35.5. The lowest BCUT2D eigenvalue weighted by atomic mass is 9.82. The number of benzene rings is 2. The van der Waals surface area contributed by atoms with Crippen molar-refractivity contribution in [1.29, 1.82) is 0 Å². The third kappa shape index (κ3) is 5.01. The minimum Gasteiger partial charge on any atom is -0.380 e. The number of piperidine rings is 1. The van der Waals surface area contributed by atoms with Crippen LogP contribution in [-0.2, 0) is 15.1 Å². The lowest BCUT2D eigenvalue weighted by Crippen LogP contribution is -2.45. The summed E-state index contributed by atoms with van der Waals surface area (Å²) in [6, 6.07) is 11.8. The Morgan fingerprint density at radius 2 is 1.33 bits per heavy atom. The predicted octanol–water partition coefficient (Wildman–Crippen LogP) is 4.24. The summed E-state index contributed by atoms with van der Waals surface area (Å²) in [4.78, 5) is 2.35. The van der Waals surface area contributed by atoms with Gasteiger partial charge in [-0.05, 0) is 54.8 Å².